The summed E-state index contributed by atoms with van der Waals surface area (Å²) in [6.45, 7) is 4.61. The second kappa shape index (κ2) is 10.3. The van der Waals surface area contributed by atoms with E-state index in [-0.39, 0.29) is 5.91 Å². The smallest absolute Gasteiger partial charge is 0.234 e. The van der Waals surface area contributed by atoms with E-state index in [1.807, 2.05) is 11.8 Å². The van der Waals surface area contributed by atoms with E-state index in [1.165, 1.54) is 0 Å². The molecule has 0 aliphatic rings. The average molecular weight is 234 g/mol. The van der Waals surface area contributed by atoms with E-state index in [4.69, 9.17) is 4.74 Å². The SMILES string of the molecule is COCCNC(=O)CNCCC(C)SC. The summed E-state index contributed by atoms with van der Waals surface area (Å²) in [5.41, 5.74) is 0. The van der Waals surface area contributed by atoms with Crippen LogP contribution in [-0.4, -0.2) is 50.8 Å². The summed E-state index contributed by atoms with van der Waals surface area (Å²) < 4.78 is 4.83. The Labute approximate surface area is 96.5 Å². The summed E-state index contributed by atoms with van der Waals surface area (Å²) in [5, 5.41) is 6.51. The van der Waals surface area contributed by atoms with Gasteiger partial charge in [-0.3, -0.25) is 4.79 Å². The zero-order valence-electron chi connectivity index (χ0n) is 9.84. The van der Waals surface area contributed by atoms with Gasteiger partial charge >= 0.3 is 0 Å². The number of carbonyl (C=O) groups excluding carboxylic acids is 1. The summed E-state index contributed by atoms with van der Waals surface area (Å²) in [4.78, 5) is 11.2. The number of methoxy groups -OCH3 is 1. The standard InChI is InChI=1S/C10H22N2O2S/c1-9(15-3)4-5-11-8-10(13)12-6-7-14-2/h9,11H,4-8H2,1-3H3,(H,12,13). The van der Waals surface area contributed by atoms with Crippen LogP contribution in [0.25, 0.3) is 0 Å². The molecule has 0 aromatic rings. The maximum Gasteiger partial charge on any atom is 0.234 e. The molecular formula is C10H22N2O2S. The summed E-state index contributed by atoms with van der Waals surface area (Å²) in [5.74, 6) is 0.0313. The molecule has 1 unspecified atom stereocenters. The number of thioether (sulfide) groups is 1. The van der Waals surface area contributed by atoms with Crippen LogP contribution >= 0.6 is 11.8 Å². The number of hydrogen-bond acceptors (Lipinski definition) is 4. The zero-order valence-corrected chi connectivity index (χ0v) is 10.7. The van der Waals surface area contributed by atoms with Crippen LogP contribution in [0.2, 0.25) is 0 Å². The van der Waals surface area contributed by atoms with E-state index in [0.717, 1.165) is 13.0 Å². The fourth-order valence-electron chi connectivity index (χ4n) is 0.980. The highest BCUT2D eigenvalue weighted by Gasteiger charge is 2.01. The first-order chi connectivity index (χ1) is 7.20. The maximum absolute atomic E-state index is 11.2. The van der Waals surface area contributed by atoms with E-state index in [9.17, 15) is 4.79 Å². The Morgan fingerprint density at radius 2 is 2.20 bits per heavy atom. The Morgan fingerprint density at radius 1 is 1.47 bits per heavy atom. The Morgan fingerprint density at radius 3 is 2.80 bits per heavy atom. The van der Waals surface area contributed by atoms with E-state index >= 15 is 0 Å². The summed E-state index contributed by atoms with van der Waals surface area (Å²) >= 11 is 1.84. The lowest BCUT2D eigenvalue weighted by atomic mass is 10.3. The molecule has 0 aromatic carbocycles. The number of rotatable bonds is 9. The van der Waals surface area contributed by atoms with E-state index in [1.54, 1.807) is 7.11 Å². The monoisotopic (exact) mass is 234 g/mol. The van der Waals surface area contributed by atoms with Crippen molar-refractivity contribution < 1.29 is 9.53 Å². The van der Waals surface area contributed by atoms with Crippen molar-refractivity contribution in [3.05, 3.63) is 0 Å². The average Bonchev–Trinajstić information content (AvgIpc) is 2.24. The topological polar surface area (TPSA) is 50.4 Å². The van der Waals surface area contributed by atoms with Gasteiger partial charge in [0, 0.05) is 18.9 Å². The quantitative estimate of drug-likeness (QED) is 0.570. The molecule has 1 amide bonds. The molecule has 90 valence electrons. The predicted octanol–water partition coefficient (Wildman–Crippen LogP) is 0.480. The zero-order chi connectivity index (χ0) is 11.5. The van der Waals surface area contributed by atoms with E-state index < -0.39 is 0 Å². The molecule has 15 heavy (non-hydrogen) atoms. The van der Waals surface area contributed by atoms with Gasteiger partial charge in [0.05, 0.1) is 13.2 Å². The molecular weight excluding hydrogens is 212 g/mol. The van der Waals surface area contributed by atoms with Crippen LogP contribution in [0.4, 0.5) is 0 Å². The van der Waals surface area contributed by atoms with Crippen molar-refractivity contribution in [2.24, 2.45) is 0 Å². The van der Waals surface area contributed by atoms with Crippen molar-refractivity contribution >= 4 is 17.7 Å². The van der Waals surface area contributed by atoms with Gasteiger partial charge in [0.2, 0.25) is 5.91 Å². The molecule has 0 bridgehead atoms. The Hall–Kier alpha value is -0.260. The third-order valence-corrected chi connectivity index (χ3v) is 3.08. The second-order valence-corrected chi connectivity index (χ2v) is 4.63. The fraction of sp³-hybridized carbons (Fsp3) is 0.900. The van der Waals surface area contributed by atoms with Gasteiger partial charge in [-0.25, -0.2) is 0 Å². The molecule has 0 saturated carbocycles. The molecule has 4 nitrogen and oxygen atoms in total. The first kappa shape index (κ1) is 14.7. The van der Waals surface area contributed by atoms with Crippen molar-refractivity contribution in [3.8, 4) is 0 Å². The van der Waals surface area contributed by atoms with Crippen LogP contribution in [-0.2, 0) is 9.53 Å². The summed E-state index contributed by atoms with van der Waals surface area (Å²) in [6.07, 6.45) is 3.19. The van der Waals surface area contributed by atoms with Crippen LogP contribution in [0.15, 0.2) is 0 Å². The Balaban J connectivity index is 3.23. The lowest BCUT2D eigenvalue weighted by Crippen LogP contribution is -2.36. The largest absolute Gasteiger partial charge is 0.383 e. The van der Waals surface area contributed by atoms with E-state index in [2.05, 4.69) is 23.8 Å². The normalized spacial score (nSPS) is 12.5. The van der Waals surface area contributed by atoms with Crippen LogP contribution in [0.1, 0.15) is 13.3 Å². The van der Waals surface area contributed by atoms with Gasteiger partial charge in [-0.2, -0.15) is 11.8 Å². The number of nitrogens with one attached hydrogen (secondary N) is 2. The minimum Gasteiger partial charge on any atom is -0.383 e. The molecule has 0 fully saturated rings. The number of amides is 1. The van der Waals surface area contributed by atoms with E-state index in [0.29, 0.717) is 24.9 Å². The van der Waals surface area contributed by atoms with Gasteiger partial charge in [0.15, 0.2) is 0 Å². The first-order valence-electron chi connectivity index (χ1n) is 5.19. The lowest BCUT2D eigenvalue weighted by molar-refractivity contribution is -0.120. The Bertz CT molecular complexity index is 168. The minimum atomic E-state index is 0.0313. The van der Waals surface area contributed by atoms with Gasteiger partial charge < -0.3 is 15.4 Å². The Kier molecular flexibility index (Phi) is 10.1. The molecule has 0 aliphatic carbocycles. The molecule has 0 aromatic heterocycles. The molecule has 0 spiro atoms. The molecule has 0 rings (SSSR count). The molecule has 1 atom stereocenters. The van der Waals surface area contributed by atoms with Crippen molar-refractivity contribution in [3.63, 3.8) is 0 Å². The van der Waals surface area contributed by atoms with Crippen LogP contribution in [0.3, 0.4) is 0 Å². The molecule has 0 saturated heterocycles. The van der Waals surface area contributed by atoms with Crippen molar-refractivity contribution in [2.45, 2.75) is 18.6 Å². The van der Waals surface area contributed by atoms with Crippen LogP contribution in [0.5, 0.6) is 0 Å². The first-order valence-corrected chi connectivity index (χ1v) is 6.48. The van der Waals surface area contributed by atoms with Gasteiger partial charge in [0.25, 0.3) is 0 Å². The van der Waals surface area contributed by atoms with Crippen molar-refractivity contribution in [2.75, 3.05) is 39.6 Å². The van der Waals surface area contributed by atoms with Crippen LogP contribution in [0, 0.1) is 0 Å². The third-order valence-electron chi connectivity index (χ3n) is 2.04. The molecule has 0 aliphatic heterocycles. The molecule has 5 heteroatoms. The van der Waals surface area contributed by atoms with Crippen LogP contribution < -0.4 is 10.6 Å². The summed E-state index contributed by atoms with van der Waals surface area (Å²) in [7, 11) is 1.62. The van der Waals surface area contributed by atoms with Crippen molar-refractivity contribution in [1.82, 2.24) is 10.6 Å². The highest BCUT2D eigenvalue weighted by molar-refractivity contribution is 7.99. The van der Waals surface area contributed by atoms with Crippen molar-refractivity contribution in [1.29, 1.82) is 0 Å². The fourth-order valence-corrected chi connectivity index (χ4v) is 1.33. The number of carbonyl (C=O) groups is 1. The maximum atomic E-state index is 11.2. The third kappa shape index (κ3) is 10.0. The predicted molar refractivity (Wildman–Crippen MR) is 65.3 cm³/mol. The molecule has 0 radical (unpaired) electrons. The number of hydrogen-bond donors (Lipinski definition) is 2. The van der Waals surface area contributed by atoms with Gasteiger partial charge in [0.1, 0.15) is 0 Å². The second-order valence-electron chi connectivity index (χ2n) is 3.35. The molecule has 0 heterocycles. The number of ether oxygens (including phenoxy) is 1. The summed E-state index contributed by atoms with van der Waals surface area (Å²) in [6, 6.07) is 0. The minimum absolute atomic E-state index is 0.0313. The highest BCUT2D eigenvalue weighted by Crippen LogP contribution is 2.07. The lowest BCUT2D eigenvalue weighted by Gasteiger charge is -2.09. The van der Waals surface area contributed by atoms with Gasteiger partial charge in [-0.15, -0.1) is 0 Å². The van der Waals surface area contributed by atoms with Gasteiger partial charge in [-0.1, -0.05) is 6.92 Å². The molecule has 2 N–H and O–H groups in total. The highest BCUT2D eigenvalue weighted by atomic mass is 32.2. The van der Waals surface area contributed by atoms with Gasteiger partial charge in [-0.05, 0) is 19.2 Å².